The predicted molar refractivity (Wildman–Crippen MR) is 75.3 cm³/mol. The molecule has 0 unspecified atom stereocenters. The van der Waals surface area contributed by atoms with Crippen molar-refractivity contribution in [3.63, 3.8) is 0 Å². The molecule has 0 saturated heterocycles. The maximum Gasteiger partial charge on any atom is 0.150 e. The molecule has 0 aliphatic rings. The largest absolute Gasteiger partial charge is 0.455 e. The third-order valence-electron chi connectivity index (χ3n) is 2.40. The van der Waals surface area contributed by atoms with Gasteiger partial charge in [0.2, 0.25) is 0 Å². The molecule has 4 heteroatoms. The summed E-state index contributed by atoms with van der Waals surface area (Å²) in [5, 5.41) is 9.96. The molecule has 2 rings (SSSR count). The Hall–Kier alpha value is -1.50. The maximum atomic E-state index is 8.73. The minimum Gasteiger partial charge on any atom is -0.455 e. The monoisotopic (exact) mass is 321 g/mol. The molecule has 0 fully saturated rings. The standard InChI is InChI=1S/C14H9BrClNO/c15-8-11-2-1-3-13(16)14(11)18-12-6-4-10(9-17)5-7-12/h1-7H,8H2. The van der Waals surface area contributed by atoms with Gasteiger partial charge in [-0.05, 0) is 30.3 Å². The molecule has 0 N–H and O–H groups in total. The van der Waals surface area contributed by atoms with E-state index in [1.165, 1.54) is 0 Å². The van der Waals surface area contributed by atoms with Crippen molar-refractivity contribution < 1.29 is 4.74 Å². The average molecular weight is 323 g/mol. The first-order valence-electron chi connectivity index (χ1n) is 5.26. The predicted octanol–water partition coefficient (Wildman–Crippen LogP) is 4.90. The maximum absolute atomic E-state index is 8.73. The molecule has 90 valence electrons. The van der Waals surface area contributed by atoms with Crippen molar-refractivity contribution in [1.82, 2.24) is 0 Å². The van der Waals surface area contributed by atoms with E-state index in [2.05, 4.69) is 22.0 Å². The van der Waals surface area contributed by atoms with Gasteiger partial charge in [0, 0.05) is 10.9 Å². The topological polar surface area (TPSA) is 33.0 Å². The Morgan fingerprint density at radius 3 is 2.50 bits per heavy atom. The van der Waals surface area contributed by atoms with Gasteiger partial charge in [-0.25, -0.2) is 0 Å². The summed E-state index contributed by atoms with van der Waals surface area (Å²) in [6, 6.07) is 14.6. The summed E-state index contributed by atoms with van der Waals surface area (Å²) in [6.07, 6.45) is 0. The minimum absolute atomic E-state index is 0.566. The highest BCUT2D eigenvalue weighted by atomic mass is 79.9. The van der Waals surface area contributed by atoms with Gasteiger partial charge < -0.3 is 4.74 Å². The smallest absolute Gasteiger partial charge is 0.150 e. The van der Waals surface area contributed by atoms with E-state index < -0.39 is 0 Å². The van der Waals surface area contributed by atoms with E-state index in [4.69, 9.17) is 21.6 Å². The second-order valence-electron chi connectivity index (χ2n) is 3.60. The molecule has 0 aliphatic heterocycles. The van der Waals surface area contributed by atoms with Crippen LogP contribution < -0.4 is 4.74 Å². The number of hydrogen-bond acceptors (Lipinski definition) is 2. The Morgan fingerprint density at radius 2 is 1.89 bits per heavy atom. The van der Waals surface area contributed by atoms with Gasteiger partial charge in [0.15, 0.2) is 0 Å². The van der Waals surface area contributed by atoms with Gasteiger partial charge in [-0.1, -0.05) is 39.7 Å². The van der Waals surface area contributed by atoms with Crippen molar-refractivity contribution in [2.24, 2.45) is 0 Å². The summed E-state index contributed by atoms with van der Waals surface area (Å²) >= 11 is 9.52. The number of nitrogens with zero attached hydrogens (tertiary/aromatic N) is 1. The second kappa shape index (κ2) is 5.90. The lowest BCUT2D eigenvalue weighted by molar-refractivity contribution is 0.479. The summed E-state index contributed by atoms with van der Waals surface area (Å²) < 4.78 is 5.76. The van der Waals surface area contributed by atoms with E-state index in [-0.39, 0.29) is 0 Å². The fourth-order valence-corrected chi connectivity index (χ4v) is 2.16. The first-order valence-corrected chi connectivity index (χ1v) is 6.76. The first kappa shape index (κ1) is 12.9. The van der Waals surface area contributed by atoms with Crippen molar-refractivity contribution in [3.8, 4) is 17.6 Å². The van der Waals surface area contributed by atoms with Gasteiger partial charge in [-0.3, -0.25) is 0 Å². The molecular weight excluding hydrogens is 314 g/mol. The summed E-state index contributed by atoms with van der Waals surface area (Å²) in [6.45, 7) is 0. The van der Waals surface area contributed by atoms with Crippen LogP contribution in [0, 0.1) is 11.3 Å². The number of benzene rings is 2. The molecule has 0 bridgehead atoms. The SMILES string of the molecule is N#Cc1ccc(Oc2c(Cl)cccc2CBr)cc1. The van der Waals surface area contributed by atoms with Gasteiger partial charge in [0.25, 0.3) is 0 Å². The van der Waals surface area contributed by atoms with E-state index in [1.54, 1.807) is 30.3 Å². The molecule has 2 aromatic carbocycles. The molecule has 18 heavy (non-hydrogen) atoms. The number of para-hydroxylation sites is 1. The molecule has 0 atom stereocenters. The van der Waals surface area contributed by atoms with Crippen molar-refractivity contribution >= 4 is 27.5 Å². The Labute approximate surface area is 119 Å². The Morgan fingerprint density at radius 1 is 1.17 bits per heavy atom. The number of rotatable bonds is 3. The molecule has 0 radical (unpaired) electrons. The fourth-order valence-electron chi connectivity index (χ4n) is 1.49. The molecule has 0 heterocycles. The normalized spacial score (nSPS) is 9.83. The minimum atomic E-state index is 0.566. The zero-order chi connectivity index (χ0) is 13.0. The van der Waals surface area contributed by atoms with Crippen LogP contribution >= 0.6 is 27.5 Å². The van der Waals surface area contributed by atoms with Crippen molar-refractivity contribution in [2.45, 2.75) is 5.33 Å². The summed E-state index contributed by atoms with van der Waals surface area (Å²) in [5.74, 6) is 1.30. The van der Waals surface area contributed by atoms with E-state index in [1.807, 2.05) is 12.1 Å². The summed E-state index contributed by atoms with van der Waals surface area (Å²) in [4.78, 5) is 0. The van der Waals surface area contributed by atoms with Crippen LogP contribution in [0.4, 0.5) is 0 Å². The van der Waals surface area contributed by atoms with E-state index in [0.29, 0.717) is 27.4 Å². The first-order chi connectivity index (χ1) is 8.74. The molecule has 0 spiro atoms. The van der Waals surface area contributed by atoms with Gasteiger partial charge in [0.1, 0.15) is 11.5 Å². The van der Waals surface area contributed by atoms with Crippen molar-refractivity contribution in [2.75, 3.05) is 0 Å². The van der Waals surface area contributed by atoms with Crippen molar-refractivity contribution in [3.05, 3.63) is 58.6 Å². The number of hydrogen-bond donors (Lipinski definition) is 0. The molecule has 0 amide bonds. The van der Waals surface area contributed by atoms with Crippen LogP contribution in [-0.2, 0) is 5.33 Å². The van der Waals surface area contributed by atoms with E-state index >= 15 is 0 Å². The van der Waals surface area contributed by atoms with Gasteiger partial charge >= 0.3 is 0 Å². The Balaban J connectivity index is 2.31. The van der Waals surface area contributed by atoms with Gasteiger partial charge in [-0.2, -0.15) is 5.26 Å². The van der Waals surface area contributed by atoms with E-state index in [9.17, 15) is 0 Å². The lowest BCUT2D eigenvalue weighted by Gasteiger charge is -2.11. The lowest BCUT2D eigenvalue weighted by atomic mass is 10.2. The van der Waals surface area contributed by atoms with Gasteiger partial charge in [-0.15, -0.1) is 0 Å². The summed E-state index contributed by atoms with van der Waals surface area (Å²) in [5.41, 5.74) is 1.58. The van der Waals surface area contributed by atoms with E-state index in [0.717, 1.165) is 5.56 Å². The highest BCUT2D eigenvalue weighted by Gasteiger charge is 2.08. The van der Waals surface area contributed by atoms with Crippen LogP contribution in [0.5, 0.6) is 11.5 Å². The highest BCUT2D eigenvalue weighted by Crippen LogP contribution is 2.34. The van der Waals surface area contributed by atoms with Crippen LogP contribution in [0.25, 0.3) is 0 Å². The van der Waals surface area contributed by atoms with Crippen LogP contribution in [0.1, 0.15) is 11.1 Å². The zero-order valence-electron chi connectivity index (χ0n) is 9.36. The van der Waals surface area contributed by atoms with Crippen LogP contribution in [-0.4, -0.2) is 0 Å². The molecule has 2 aromatic rings. The van der Waals surface area contributed by atoms with Crippen LogP contribution in [0.15, 0.2) is 42.5 Å². The van der Waals surface area contributed by atoms with Gasteiger partial charge in [0.05, 0.1) is 16.7 Å². The zero-order valence-corrected chi connectivity index (χ0v) is 11.7. The van der Waals surface area contributed by atoms with Crippen LogP contribution in [0.3, 0.4) is 0 Å². The number of nitriles is 1. The number of halogens is 2. The molecular formula is C14H9BrClNO. The Kier molecular flexibility index (Phi) is 4.24. The molecule has 2 nitrogen and oxygen atoms in total. The molecule has 0 aromatic heterocycles. The molecule has 0 aliphatic carbocycles. The fraction of sp³-hybridized carbons (Fsp3) is 0.0714. The highest BCUT2D eigenvalue weighted by molar-refractivity contribution is 9.08. The average Bonchev–Trinajstić information content (AvgIpc) is 2.42. The summed E-state index contributed by atoms with van der Waals surface area (Å²) in [7, 11) is 0. The number of ether oxygens (including phenoxy) is 1. The third-order valence-corrected chi connectivity index (χ3v) is 3.30. The lowest BCUT2D eigenvalue weighted by Crippen LogP contribution is -1.90. The quantitative estimate of drug-likeness (QED) is 0.753. The Bertz CT molecular complexity index is 590. The molecule has 0 saturated carbocycles. The number of alkyl halides is 1. The van der Waals surface area contributed by atoms with Crippen LogP contribution in [0.2, 0.25) is 5.02 Å². The van der Waals surface area contributed by atoms with Crippen molar-refractivity contribution in [1.29, 1.82) is 5.26 Å². The second-order valence-corrected chi connectivity index (χ2v) is 4.57. The third kappa shape index (κ3) is 2.84.